The number of nitrogens with one attached hydrogen (secondary N) is 2. The predicted octanol–water partition coefficient (Wildman–Crippen LogP) is 4.18. The molecule has 0 fully saturated rings. The van der Waals surface area contributed by atoms with Crippen molar-refractivity contribution in [1.29, 1.82) is 0 Å². The molecule has 0 aliphatic carbocycles. The molecule has 1 aromatic carbocycles. The number of aryl methyl sites for hydroxylation is 1. The molecular weight excluding hydrogens is 413 g/mol. The SMILES string of the molecule is CC(=O)Nc1cc(Oc2ccc(NC(=O)Cc3cc(C(C)(C)C)nn3C)c(F)c2)ccn1. The fourth-order valence-corrected chi connectivity index (χ4v) is 2.92. The Balaban J connectivity index is 1.66. The van der Waals surface area contributed by atoms with Crippen LogP contribution in [0.25, 0.3) is 0 Å². The number of amides is 2. The molecule has 32 heavy (non-hydrogen) atoms. The molecule has 0 radical (unpaired) electrons. The van der Waals surface area contributed by atoms with Gasteiger partial charge in [0.15, 0.2) is 0 Å². The average molecular weight is 439 g/mol. The number of ether oxygens (including phenoxy) is 1. The largest absolute Gasteiger partial charge is 0.457 e. The molecule has 2 N–H and O–H groups in total. The number of carbonyl (C=O) groups is 2. The van der Waals surface area contributed by atoms with E-state index >= 15 is 0 Å². The van der Waals surface area contributed by atoms with Gasteiger partial charge in [0.2, 0.25) is 11.8 Å². The maximum atomic E-state index is 14.6. The van der Waals surface area contributed by atoms with Crippen LogP contribution in [0.5, 0.6) is 11.5 Å². The Morgan fingerprint density at radius 3 is 2.44 bits per heavy atom. The number of anilines is 2. The summed E-state index contributed by atoms with van der Waals surface area (Å²) in [5, 5.41) is 9.59. The highest BCUT2D eigenvalue weighted by Gasteiger charge is 2.20. The number of halogens is 1. The maximum Gasteiger partial charge on any atom is 0.230 e. The monoisotopic (exact) mass is 439 g/mol. The molecule has 0 atom stereocenters. The van der Waals surface area contributed by atoms with Crippen molar-refractivity contribution in [2.75, 3.05) is 10.6 Å². The van der Waals surface area contributed by atoms with Crippen molar-refractivity contribution in [1.82, 2.24) is 14.8 Å². The van der Waals surface area contributed by atoms with Crippen molar-refractivity contribution in [3.8, 4) is 11.5 Å². The minimum Gasteiger partial charge on any atom is -0.457 e. The Bertz CT molecular complexity index is 1150. The van der Waals surface area contributed by atoms with Crippen LogP contribution >= 0.6 is 0 Å². The highest BCUT2D eigenvalue weighted by atomic mass is 19.1. The van der Waals surface area contributed by atoms with Gasteiger partial charge in [-0.1, -0.05) is 20.8 Å². The molecule has 0 spiro atoms. The van der Waals surface area contributed by atoms with Crippen LogP contribution in [0, 0.1) is 5.82 Å². The van der Waals surface area contributed by atoms with Crippen LogP contribution < -0.4 is 15.4 Å². The zero-order valence-electron chi connectivity index (χ0n) is 18.7. The van der Waals surface area contributed by atoms with E-state index in [1.54, 1.807) is 23.9 Å². The lowest BCUT2D eigenvalue weighted by atomic mass is 9.92. The third-order valence-electron chi connectivity index (χ3n) is 4.57. The fourth-order valence-electron chi connectivity index (χ4n) is 2.92. The number of pyridine rings is 1. The standard InChI is InChI=1S/C23H26FN5O3/c1-14(30)26-21-13-17(8-9-25-21)32-16-6-7-19(18(24)12-16)27-22(31)11-15-10-20(23(2,3)4)28-29(15)5/h6-10,12-13H,11H2,1-5H3,(H,27,31)(H,25,26,30). The van der Waals surface area contributed by atoms with Gasteiger partial charge in [-0.15, -0.1) is 0 Å². The first-order valence-corrected chi connectivity index (χ1v) is 10.1. The Hall–Kier alpha value is -3.75. The molecule has 8 nitrogen and oxygen atoms in total. The molecule has 9 heteroatoms. The zero-order chi connectivity index (χ0) is 23.5. The van der Waals surface area contributed by atoms with Crippen molar-refractivity contribution < 1.29 is 18.7 Å². The van der Waals surface area contributed by atoms with E-state index in [2.05, 4.69) is 20.7 Å². The summed E-state index contributed by atoms with van der Waals surface area (Å²) in [6.45, 7) is 7.51. The van der Waals surface area contributed by atoms with Gasteiger partial charge in [0, 0.05) is 43.4 Å². The lowest BCUT2D eigenvalue weighted by Crippen LogP contribution is -2.17. The minimum absolute atomic E-state index is 0.0502. The number of hydrogen-bond acceptors (Lipinski definition) is 5. The lowest BCUT2D eigenvalue weighted by Gasteiger charge is -2.13. The normalized spacial score (nSPS) is 11.2. The molecule has 0 aliphatic heterocycles. The van der Waals surface area contributed by atoms with Crippen LogP contribution in [-0.2, 0) is 28.5 Å². The summed E-state index contributed by atoms with van der Waals surface area (Å²) in [6, 6.07) is 9.14. The number of carbonyl (C=O) groups excluding carboxylic acids is 2. The summed E-state index contributed by atoms with van der Waals surface area (Å²) in [5.74, 6) is -0.305. The number of benzene rings is 1. The van der Waals surface area contributed by atoms with E-state index in [0.29, 0.717) is 11.6 Å². The molecule has 0 aliphatic rings. The quantitative estimate of drug-likeness (QED) is 0.600. The summed E-state index contributed by atoms with van der Waals surface area (Å²) >= 11 is 0. The van der Waals surface area contributed by atoms with E-state index in [1.165, 1.54) is 31.3 Å². The smallest absolute Gasteiger partial charge is 0.230 e. The molecule has 0 bridgehead atoms. The summed E-state index contributed by atoms with van der Waals surface area (Å²) in [5.41, 5.74) is 1.54. The molecule has 0 saturated heterocycles. The Morgan fingerprint density at radius 1 is 1.09 bits per heavy atom. The van der Waals surface area contributed by atoms with Crippen LogP contribution in [0.2, 0.25) is 0 Å². The Morgan fingerprint density at radius 2 is 1.81 bits per heavy atom. The minimum atomic E-state index is -0.632. The molecule has 3 rings (SSSR count). The van der Waals surface area contributed by atoms with E-state index in [1.807, 2.05) is 26.8 Å². The van der Waals surface area contributed by atoms with Gasteiger partial charge < -0.3 is 15.4 Å². The van der Waals surface area contributed by atoms with Gasteiger partial charge in [-0.05, 0) is 24.3 Å². The van der Waals surface area contributed by atoms with Crippen LogP contribution in [-0.4, -0.2) is 26.6 Å². The molecule has 2 amide bonds. The van der Waals surface area contributed by atoms with Crippen molar-refractivity contribution >= 4 is 23.3 Å². The van der Waals surface area contributed by atoms with Crippen LogP contribution in [0.1, 0.15) is 39.1 Å². The summed E-state index contributed by atoms with van der Waals surface area (Å²) < 4.78 is 21.9. The number of hydrogen-bond donors (Lipinski definition) is 2. The second-order valence-corrected chi connectivity index (χ2v) is 8.42. The van der Waals surface area contributed by atoms with Crippen molar-refractivity contribution in [2.45, 2.75) is 39.5 Å². The van der Waals surface area contributed by atoms with Gasteiger partial charge in [0.25, 0.3) is 0 Å². The van der Waals surface area contributed by atoms with Crippen LogP contribution in [0.4, 0.5) is 15.9 Å². The summed E-state index contributed by atoms with van der Waals surface area (Å²) in [4.78, 5) is 27.6. The summed E-state index contributed by atoms with van der Waals surface area (Å²) in [6.07, 6.45) is 1.54. The van der Waals surface area contributed by atoms with Gasteiger partial charge in [-0.25, -0.2) is 9.37 Å². The summed E-state index contributed by atoms with van der Waals surface area (Å²) in [7, 11) is 1.78. The van der Waals surface area contributed by atoms with Gasteiger partial charge in [0.05, 0.1) is 17.8 Å². The molecular formula is C23H26FN5O3. The lowest BCUT2D eigenvalue weighted by molar-refractivity contribution is -0.116. The van der Waals surface area contributed by atoms with E-state index in [-0.39, 0.29) is 35.1 Å². The first-order chi connectivity index (χ1) is 15.0. The third-order valence-corrected chi connectivity index (χ3v) is 4.57. The van der Waals surface area contributed by atoms with Crippen molar-refractivity contribution in [2.24, 2.45) is 7.05 Å². The topological polar surface area (TPSA) is 98.1 Å². The van der Waals surface area contributed by atoms with Crippen molar-refractivity contribution in [3.05, 3.63) is 59.8 Å². The zero-order valence-corrected chi connectivity index (χ0v) is 18.7. The number of nitrogens with zero attached hydrogens (tertiary/aromatic N) is 3. The highest BCUT2D eigenvalue weighted by molar-refractivity contribution is 5.92. The van der Waals surface area contributed by atoms with E-state index in [9.17, 15) is 14.0 Å². The second-order valence-electron chi connectivity index (χ2n) is 8.42. The van der Waals surface area contributed by atoms with E-state index < -0.39 is 5.82 Å². The average Bonchev–Trinajstić information content (AvgIpc) is 3.04. The molecule has 2 heterocycles. The van der Waals surface area contributed by atoms with Gasteiger partial charge >= 0.3 is 0 Å². The van der Waals surface area contributed by atoms with Gasteiger partial charge in [-0.2, -0.15) is 5.10 Å². The first-order valence-electron chi connectivity index (χ1n) is 10.1. The van der Waals surface area contributed by atoms with E-state index in [0.717, 1.165) is 11.4 Å². The number of aromatic nitrogens is 3. The maximum absolute atomic E-state index is 14.6. The molecule has 0 unspecified atom stereocenters. The fraction of sp³-hybridized carbons (Fsp3) is 0.304. The van der Waals surface area contributed by atoms with Gasteiger partial charge in [0.1, 0.15) is 23.1 Å². The second kappa shape index (κ2) is 9.17. The Kier molecular flexibility index (Phi) is 6.57. The third kappa shape index (κ3) is 5.90. The molecule has 168 valence electrons. The predicted molar refractivity (Wildman–Crippen MR) is 119 cm³/mol. The van der Waals surface area contributed by atoms with E-state index in [4.69, 9.17) is 4.74 Å². The molecule has 0 saturated carbocycles. The molecule has 3 aromatic rings. The molecule has 2 aromatic heterocycles. The van der Waals surface area contributed by atoms with Crippen LogP contribution in [0.3, 0.4) is 0 Å². The van der Waals surface area contributed by atoms with Gasteiger partial charge in [-0.3, -0.25) is 14.3 Å². The van der Waals surface area contributed by atoms with Crippen LogP contribution in [0.15, 0.2) is 42.6 Å². The number of rotatable bonds is 6. The Labute approximate surface area is 185 Å². The highest BCUT2D eigenvalue weighted by Crippen LogP contribution is 2.27. The first kappa shape index (κ1) is 22.9. The van der Waals surface area contributed by atoms with Crippen molar-refractivity contribution in [3.63, 3.8) is 0 Å².